The lowest BCUT2D eigenvalue weighted by molar-refractivity contribution is -0.145. The number of pyridine rings is 1. The van der Waals surface area contributed by atoms with Crippen LogP contribution in [-0.4, -0.2) is 28.1 Å². The number of aromatic nitrogens is 1. The number of nitrogens with one attached hydrogen (secondary N) is 1. The summed E-state index contributed by atoms with van der Waals surface area (Å²) in [5, 5.41) is 11.9. The molecular weight excluding hydrogens is 460 g/mol. The number of carbonyl (C=O) groups is 2. The van der Waals surface area contributed by atoms with Crippen molar-refractivity contribution in [3.8, 4) is 28.6 Å². The number of amides is 1. The molecular formula is C25H25F2N3O5. The molecule has 0 saturated carbocycles. The Morgan fingerprint density at radius 3 is 2.43 bits per heavy atom. The lowest BCUT2D eigenvalue weighted by Crippen LogP contribution is -2.26. The zero-order valence-electron chi connectivity index (χ0n) is 19.2. The first kappa shape index (κ1) is 25.6. The lowest BCUT2D eigenvalue weighted by Gasteiger charge is -2.15. The van der Waals surface area contributed by atoms with E-state index in [-0.39, 0.29) is 24.6 Å². The maximum Gasteiger partial charge on any atom is 0.344 e. The third kappa shape index (κ3) is 6.73. The molecule has 1 amide bonds. The number of nitrogens with two attached hydrogens (primary N) is 1. The normalized spacial score (nSPS) is 11.6. The topological polar surface area (TPSA) is 124 Å². The van der Waals surface area contributed by atoms with Gasteiger partial charge in [0.2, 0.25) is 5.91 Å². The maximum absolute atomic E-state index is 14.5. The van der Waals surface area contributed by atoms with Gasteiger partial charge in [-0.1, -0.05) is 25.1 Å². The van der Waals surface area contributed by atoms with E-state index in [1.165, 1.54) is 6.92 Å². The SMILES string of the molecule is CCC(Oc1nc(Oc2cc(CNC(C)=O)cc(-c3cccc(CN)c3)c2)c(F)cc1F)C(=O)O. The molecule has 0 aliphatic rings. The monoisotopic (exact) mass is 485 g/mol. The molecule has 35 heavy (non-hydrogen) atoms. The molecule has 0 aliphatic carbocycles. The first-order valence-electron chi connectivity index (χ1n) is 10.8. The number of carbonyl (C=O) groups excluding carboxylic acids is 1. The quantitative estimate of drug-likeness (QED) is 0.394. The minimum absolute atomic E-state index is 0.0421. The fourth-order valence-electron chi connectivity index (χ4n) is 3.24. The van der Waals surface area contributed by atoms with Gasteiger partial charge in [0.1, 0.15) is 5.75 Å². The van der Waals surface area contributed by atoms with Crippen molar-refractivity contribution in [1.29, 1.82) is 0 Å². The Bertz CT molecular complexity index is 1240. The summed E-state index contributed by atoms with van der Waals surface area (Å²) in [5.41, 5.74) is 8.81. The second-order valence-electron chi connectivity index (χ2n) is 7.70. The van der Waals surface area contributed by atoms with E-state index in [0.717, 1.165) is 11.1 Å². The summed E-state index contributed by atoms with van der Waals surface area (Å²) < 4.78 is 39.4. The van der Waals surface area contributed by atoms with Crippen LogP contribution in [0.2, 0.25) is 0 Å². The Kier molecular flexibility index (Phi) is 8.32. The number of carboxylic acid groups (broad SMARTS) is 1. The number of aliphatic carboxylic acids is 1. The molecule has 0 bridgehead atoms. The molecule has 0 spiro atoms. The average molecular weight is 485 g/mol. The Hall–Kier alpha value is -4.05. The van der Waals surface area contributed by atoms with Gasteiger partial charge in [-0.25, -0.2) is 13.6 Å². The Balaban J connectivity index is 2.00. The number of ether oxygens (including phenoxy) is 2. The van der Waals surface area contributed by atoms with Crippen LogP contribution in [0.25, 0.3) is 11.1 Å². The van der Waals surface area contributed by atoms with Crippen molar-refractivity contribution in [2.24, 2.45) is 5.73 Å². The number of rotatable bonds is 10. The molecule has 3 aromatic rings. The van der Waals surface area contributed by atoms with Crippen molar-refractivity contribution < 1.29 is 33.0 Å². The third-order valence-corrected chi connectivity index (χ3v) is 4.98. The van der Waals surface area contributed by atoms with E-state index in [9.17, 15) is 18.4 Å². The second kappa shape index (κ2) is 11.4. The summed E-state index contributed by atoms with van der Waals surface area (Å²) in [7, 11) is 0. The first-order valence-corrected chi connectivity index (χ1v) is 10.8. The van der Waals surface area contributed by atoms with Crippen LogP contribution < -0.4 is 20.5 Å². The smallest absolute Gasteiger partial charge is 0.344 e. The van der Waals surface area contributed by atoms with Crippen molar-refractivity contribution in [3.05, 3.63) is 71.3 Å². The molecule has 1 atom stereocenters. The number of hydrogen-bond donors (Lipinski definition) is 3. The van der Waals surface area contributed by atoms with Crippen LogP contribution in [0.1, 0.15) is 31.4 Å². The Labute approximate surface area is 200 Å². The van der Waals surface area contributed by atoms with E-state index in [0.29, 0.717) is 23.7 Å². The van der Waals surface area contributed by atoms with Gasteiger partial charge in [-0.2, -0.15) is 4.98 Å². The predicted molar refractivity (Wildman–Crippen MR) is 124 cm³/mol. The van der Waals surface area contributed by atoms with Crippen LogP contribution in [0, 0.1) is 11.6 Å². The summed E-state index contributed by atoms with van der Waals surface area (Å²) in [6.07, 6.45) is -1.32. The Morgan fingerprint density at radius 2 is 1.77 bits per heavy atom. The fourth-order valence-corrected chi connectivity index (χ4v) is 3.24. The molecule has 3 rings (SSSR count). The molecule has 8 nitrogen and oxygen atoms in total. The molecule has 1 unspecified atom stereocenters. The number of benzene rings is 2. The van der Waals surface area contributed by atoms with E-state index in [2.05, 4.69) is 10.3 Å². The summed E-state index contributed by atoms with van der Waals surface area (Å²) in [4.78, 5) is 26.4. The van der Waals surface area contributed by atoms with E-state index in [4.69, 9.17) is 20.3 Å². The summed E-state index contributed by atoms with van der Waals surface area (Å²) in [6.45, 7) is 3.44. The molecule has 10 heteroatoms. The van der Waals surface area contributed by atoms with Crippen LogP contribution in [0.3, 0.4) is 0 Å². The van der Waals surface area contributed by atoms with Crippen molar-refractivity contribution in [2.75, 3.05) is 0 Å². The molecule has 1 heterocycles. The van der Waals surface area contributed by atoms with Crippen LogP contribution >= 0.6 is 0 Å². The van der Waals surface area contributed by atoms with E-state index in [1.807, 2.05) is 30.3 Å². The zero-order chi connectivity index (χ0) is 25.5. The van der Waals surface area contributed by atoms with Crippen LogP contribution in [0.5, 0.6) is 17.5 Å². The largest absolute Gasteiger partial charge is 0.479 e. The molecule has 2 aromatic carbocycles. The lowest BCUT2D eigenvalue weighted by atomic mass is 10.0. The van der Waals surface area contributed by atoms with Crippen LogP contribution in [0.15, 0.2) is 48.5 Å². The van der Waals surface area contributed by atoms with Gasteiger partial charge in [-0.3, -0.25) is 4.79 Å². The molecule has 0 fully saturated rings. The highest BCUT2D eigenvalue weighted by Crippen LogP contribution is 2.32. The number of hydrogen-bond acceptors (Lipinski definition) is 6. The zero-order valence-corrected chi connectivity index (χ0v) is 19.2. The fraction of sp³-hybridized carbons (Fsp3) is 0.240. The van der Waals surface area contributed by atoms with Crippen molar-refractivity contribution >= 4 is 11.9 Å². The number of carboxylic acids is 1. The molecule has 0 radical (unpaired) electrons. The first-order chi connectivity index (χ1) is 16.7. The molecule has 4 N–H and O–H groups in total. The van der Waals surface area contributed by atoms with Gasteiger partial charge in [-0.05, 0) is 52.9 Å². The highest BCUT2D eigenvalue weighted by atomic mass is 19.1. The van der Waals surface area contributed by atoms with Crippen molar-refractivity contribution in [1.82, 2.24) is 10.3 Å². The van der Waals surface area contributed by atoms with Gasteiger partial charge in [0.05, 0.1) is 0 Å². The van der Waals surface area contributed by atoms with Gasteiger partial charge in [0.15, 0.2) is 17.7 Å². The van der Waals surface area contributed by atoms with Gasteiger partial charge in [0, 0.05) is 26.1 Å². The molecule has 0 aliphatic heterocycles. The average Bonchev–Trinajstić information content (AvgIpc) is 2.83. The highest BCUT2D eigenvalue weighted by molar-refractivity contribution is 5.73. The van der Waals surface area contributed by atoms with Crippen LogP contribution in [0.4, 0.5) is 8.78 Å². The van der Waals surface area contributed by atoms with Crippen molar-refractivity contribution in [2.45, 2.75) is 39.5 Å². The summed E-state index contributed by atoms with van der Waals surface area (Å²) >= 11 is 0. The van der Waals surface area contributed by atoms with Crippen LogP contribution in [-0.2, 0) is 22.7 Å². The maximum atomic E-state index is 14.5. The highest BCUT2D eigenvalue weighted by Gasteiger charge is 2.22. The number of halogens is 2. The van der Waals surface area contributed by atoms with Gasteiger partial charge >= 0.3 is 5.97 Å². The van der Waals surface area contributed by atoms with E-state index >= 15 is 0 Å². The summed E-state index contributed by atoms with van der Waals surface area (Å²) in [6, 6.07) is 13.0. The standard InChI is InChI=1S/C25H25F2N3O5/c1-3-22(25(32)33)35-24-21(27)11-20(26)23(30-24)34-19-9-16(13-29-14(2)31)8-18(10-19)17-6-4-5-15(7-17)12-28/h4-11,22H,3,12-13,28H2,1-2H3,(H,29,31)(H,32,33). The second-order valence-corrected chi connectivity index (χ2v) is 7.70. The van der Waals surface area contributed by atoms with Gasteiger partial charge < -0.3 is 25.6 Å². The van der Waals surface area contributed by atoms with E-state index in [1.54, 1.807) is 19.1 Å². The Morgan fingerprint density at radius 1 is 1.06 bits per heavy atom. The van der Waals surface area contributed by atoms with E-state index < -0.39 is 35.5 Å². The van der Waals surface area contributed by atoms with Gasteiger partial charge in [-0.15, -0.1) is 0 Å². The molecule has 184 valence electrons. The summed E-state index contributed by atoms with van der Waals surface area (Å²) in [5.74, 6) is -4.93. The minimum Gasteiger partial charge on any atom is -0.479 e. The predicted octanol–water partition coefficient (Wildman–Crippen LogP) is 4.16. The number of nitrogens with zero attached hydrogens (tertiary/aromatic N) is 1. The third-order valence-electron chi connectivity index (χ3n) is 4.98. The van der Waals surface area contributed by atoms with Gasteiger partial charge in [0.25, 0.3) is 11.8 Å². The molecule has 0 saturated heterocycles. The van der Waals surface area contributed by atoms with Crippen molar-refractivity contribution in [3.63, 3.8) is 0 Å². The minimum atomic E-state index is -1.36. The molecule has 1 aromatic heterocycles.